The first-order valence-electron chi connectivity index (χ1n) is 4.13. The van der Waals surface area contributed by atoms with E-state index in [-0.39, 0.29) is 0 Å². The summed E-state index contributed by atoms with van der Waals surface area (Å²) in [5.41, 5.74) is 0. The van der Waals surface area contributed by atoms with Crippen molar-refractivity contribution in [2.24, 2.45) is 5.92 Å². The Morgan fingerprint density at radius 2 is 2.08 bits per heavy atom. The first kappa shape index (κ1) is 9.52. The summed E-state index contributed by atoms with van der Waals surface area (Å²) in [5, 5.41) is 1.67. The Morgan fingerprint density at radius 1 is 1.33 bits per heavy atom. The minimum Gasteiger partial charge on any atom is -0.245 e. The van der Waals surface area contributed by atoms with E-state index in [0.717, 1.165) is 5.03 Å². The monoisotopic (exact) mass is 182 g/mol. The molecule has 0 aromatic carbocycles. The number of thioether (sulfide) groups is 1. The van der Waals surface area contributed by atoms with Crippen LogP contribution in [-0.4, -0.2) is 15.2 Å². The standard InChI is InChI=1S/C9H14N2S/c1-7(2)8(3)12-9-4-5-10-6-11-9/h4-8H,1-3H3. The van der Waals surface area contributed by atoms with Gasteiger partial charge in [-0.1, -0.05) is 20.8 Å². The Morgan fingerprint density at radius 3 is 2.58 bits per heavy atom. The average molecular weight is 182 g/mol. The van der Waals surface area contributed by atoms with Gasteiger partial charge in [0.15, 0.2) is 0 Å². The zero-order valence-electron chi connectivity index (χ0n) is 7.69. The normalized spacial score (nSPS) is 13.3. The Hall–Kier alpha value is -0.570. The van der Waals surface area contributed by atoms with E-state index in [4.69, 9.17) is 0 Å². The van der Waals surface area contributed by atoms with E-state index in [0.29, 0.717) is 11.2 Å². The van der Waals surface area contributed by atoms with Gasteiger partial charge in [0, 0.05) is 11.4 Å². The number of hydrogen-bond donors (Lipinski definition) is 0. The molecule has 0 aliphatic heterocycles. The minimum atomic E-state index is 0.611. The fourth-order valence-corrected chi connectivity index (χ4v) is 1.58. The summed E-state index contributed by atoms with van der Waals surface area (Å²) in [6.45, 7) is 6.66. The summed E-state index contributed by atoms with van der Waals surface area (Å²) in [6.07, 6.45) is 3.37. The van der Waals surface area contributed by atoms with Crippen molar-refractivity contribution >= 4 is 11.8 Å². The minimum absolute atomic E-state index is 0.611. The lowest BCUT2D eigenvalue weighted by molar-refractivity contribution is 0.641. The number of aromatic nitrogens is 2. The molecule has 0 fully saturated rings. The van der Waals surface area contributed by atoms with Crippen molar-refractivity contribution in [1.29, 1.82) is 0 Å². The predicted molar refractivity (Wildman–Crippen MR) is 52.2 cm³/mol. The van der Waals surface area contributed by atoms with Gasteiger partial charge in [-0.3, -0.25) is 0 Å². The molecule has 0 aliphatic rings. The maximum Gasteiger partial charge on any atom is 0.116 e. The van der Waals surface area contributed by atoms with Gasteiger partial charge in [-0.25, -0.2) is 9.97 Å². The summed E-state index contributed by atoms with van der Waals surface area (Å²) >= 11 is 1.80. The molecule has 1 rings (SSSR count). The van der Waals surface area contributed by atoms with Gasteiger partial charge < -0.3 is 0 Å². The summed E-state index contributed by atoms with van der Waals surface area (Å²) in [5.74, 6) is 0.685. The van der Waals surface area contributed by atoms with Crippen LogP contribution >= 0.6 is 11.8 Å². The Balaban J connectivity index is 2.53. The van der Waals surface area contributed by atoms with E-state index < -0.39 is 0 Å². The molecule has 0 N–H and O–H groups in total. The molecule has 2 nitrogen and oxygen atoms in total. The van der Waals surface area contributed by atoms with E-state index in [1.54, 1.807) is 24.3 Å². The Bertz CT molecular complexity index is 223. The van der Waals surface area contributed by atoms with Crippen LogP contribution in [0.25, 0.3) is 0 Å². The molecule has 12 heavy (non-hydrogen) atoms. The van der Waals surface area contributed by atoms with Gasteiger partial charge in [-0.05, 0) is 12.0 Å². The van der Waals surface area contributed by atoms with E-state index in [1.807, 2.05) is 6.07 Å². The van der Waals surface area contributed by atoms with E-state index in [2.05, 4.69) is 30.7 Å². The van der Waals surface area contributed by atoms with Crippen molar-refractivity contribution in [3.05, 3.63) is 18.6 Å². The highest BCUT2D eigenvalue weighted by atomic mass is 32.2. The Labute approximate surface area is 77.8 Å². The smallest absolute Gasteiger partial charge is 0.116 e. The van der Waals surface area contributed by atoms with Crippen molar-refractivity contribution in [3.63, 3.8) is 0 Å². The first-order chi connectivity index (χ1) is 5.70. The SMILES string of the molecule is CC(C)C(C)Sc1ccncn1. The number of hydrogen-bond acceptors (Lipinski definition) is 3. The lowest BCUT2D eigenvalue weighted by Crippen LogP contribution is -2.05. The second-order valence-corrected chi connectivity index (χ2v) is 4.51. The molecular weight excluding hydrogens is 168 g/mol. The highest BCUT2D eigenvalue weighted by Gasteiger charge is 2.08. The molecule has 1 unspecified atom stereocenters. The Kier molecular flexibility index (Phi) is 3.53. The largest absolute Gasteiger partial charge is 0.245 e. The van der Waals surface area contributed by atoms with Crippen LogP contribution in [0.3, 0.4) is 0 Å². The molecule has 66 valence electrons. The van der Waals surface area contributed by atoms with Gasteiger partial charge in [0.2, 0.25) is 0 Å². The van der Waals surface area contributed by atoms with Crippen LogP contribution in [0.5, 0.6) is 0 Å². The summed E-state index contributed by atoms with van der Waals surface area (Å²) in [6, 6.07) is 1.95. The predicted octanol–water partition coefficient (Wildman–Crippen LogP) is 2.61. The quantitative estimate of drug-likeness (QED) is 0.531. The molecule has 1 heterocycles. The lowest BCUT2D eigenvalue weighted by atomic mass is 10.2. The maximum absolute atomic E-state index is 4.15. The number of nitrogens with zero attached hydrogens (tertiary/aromatic N) is 2. The van der Waals surface area contributed by atoms with Crippen LogP contribution in [0.15, 0.2) is 23.6 Å². The molecule has 0 aliphatic carbocycles. The van der Waals surface area contributed by atoms with Crippen LogP contribution in [0.2, 0.25) is 0 Å². The molecule has 3 heteroatoms. The zero-order valence-corrected chi connectivity index (χ0v) is 8.51. The highest BCUT2D eigenvalue weighted by molar-refractivity contribution is 7.99. The molecule has 0 saturated heterocycles. The van der Waals surface area contributed by atoms with Gasteiger partial charge in [-0.2, -0.15) is 0 Å². The van der Waals surface area contributed by atoms with Crippen molar-refractivity contribution < 1.29 is 0 Å². The van der Waals surface area contributed by atoms with Gasteiger partial charge in [-0.15, -0.1) is 11.8 Å². The third-order valence-electron chi connectivity index (χ3n) is 1.80. The van der Waals surface area contributed by atoms with Crippen LogP contribution in [0.4, 0.5) is 0 Å². The summed E-state index contributed by atoms with van der Waals surface area (Å²) < 4.78 is 0. The average Bonchev–Trinajstić information content (AvgIpc) is 2.06. The second kappa shape index (κ2) is 4.45. The number of rotatable bonds is 3. The van der Waals surface area contributed by atoms with Gasteiger partial charge in [0.1, 0.15) is 6.33 Å². The maximum atomic E-state index is 4.15. The molecule has 1 atom stereocenters. The van der Waals surface area contributed by atoms with Gasteiger partial charge in [0.05, 0.1) is 5.03 Å². The molecule has 1 aromatic rings. The van der Waals surface area contributed by atoms with Crippen molar-refractivity contribution in [3.8, 4) is 0 Å². The van der Waals surface area contributed by atoms with E-state index in [9.17, 15) is 0 Å². The molecule has 0 radical (unpaired) electrons. The van der Waals surface area contributed by atoms with Crippen LogP contribution in [-0.2, 0) is 0 Å². The van der Waals surface area contributed by atoms with Crippen LogP contribution in [0, 0.1) is 5.92 Å². The molecule has 0 spiro atoms. The fraction of sp³-hybridized carbons (Fsp3) is 0.556. The van der Waals surface area contributed by atoms with Crippen molar-refractivity contribution in [2.45, 2.75) is 31.0 Å². The van der Waals surface area contributed by atoms with Crippen LogP contribution in [0.1, 0.15) is 20.8 Å². The summed E-state index contributed by atoms with van der Waals surface area (Å²) in [7, 11) is 0. The van der Waals surface area contributed by atoms with Crippen LogP contribution < -0.4 is 0 Å². The van der Waals surface area contributed by atoms with Crippen molar-refractivity contribution in [1.82, 2.24) is 9.97 Å². The molecule has 0 bridgehead atoms. The lowest BCUT2D eigenvalue weighted by Gasteiger charge is -2.13. The molecule has 1 aromatic heterocycles. The molecular formula is C9H14N2S. The summed E-state index contributed by atoms with van der Waals surface area (Å²) in [4.78, 5) is 8.03. The van der Waals surface area contributed by atoms with E-state index >= 15 is 0 Å². The third kappa shape index (κ3) is 2.81. The van der Waals surface area contributed by atoms with Gasteiger partial charge >= 0.3 is 0 Å². The first-order valence-corrected chi connectivity index (χ1v) is 5.01. The molecule has 0 saturated carbocycles. The third-order valence-corrected chi connectivity index (χ3v) is 3.20. The van der Waals surface area contributed by atoms with Crippen molar-refractivity contribution in [2.75, 3.05) is 0 Å². The molecule has 0 amide bonds. The fourth-order valence-electron chi connectivity index (χ4n) is 0.675. The van der Waals surface area contributed by atoms with E-state index in [1.165, 1.54) is 0 Å². The van der Waals surface area contributed by atoms with Gasteiger partial charge in [0.25, 0.3) is 0 Å². The zero-order chi connectivity index (χ0) is 8.97. The highest BCUT2D eigenvalue weighted by Crippen LogP contribution is 2.24. The second-order valence-electron chi connectivity index (χ2n) is 3.11. The topological polar surface area (TPSA) is 25.8 Å².